The summed E-state index contributed by atoms with van der Waals surface area (Å²) >= 11 is 0. The van der Waals surface area contributed by atoms with Crippen molar-refractivity contribution in [3.63, 3.8) is 0 Å². The standard InChI is InChI=1S/C12H21N3O4/c1-4-6-14-9(16)5-7-15(13)11(17)10(14)8(2)12(18)19-3/h8,10H,4-7,13H2,1-3H3. The molecule has 0 bridgehead atoms. The lowest BCUT2D eigenvalue weighted by Gasteiger charge is -2.32. The van der Waals surface area contributed by atoms with Crippen molar-refractivity contribution in [3.8, 4) is 0 Å². The maximum Gasteiger partial charge on any atom is 0.311 e. The summed E-state index contributed by atoms with van der Waals surface area (Å²) in [6.07, 6.45) is 0.876. The third kappa shape index (κ3) is 3.23. The molecule has 7 heteroatoms. The molecule has 0 spiro atoms. The van der Waals surface area contributed by atoms with Gasteiger partial charge in [0.15, 0.2) is 0 Å². The number of carbonyl (C=O) groups excluding carboxylic acids is 3. The SMILES string of the molecule is CCCN1C(=O)CCN(N)C(=O)C1C(C)C(=O)OC. The minimum absolute atomic E-state index is 0.163. The molecule has 1 aliphatic rings. The van der Waals surface area contributed by atoms with Crippen molar-refractivity contribution < 1.29 is 19.1 Å². The van der Waals surface area contributed by atoms with Crippen molar-refractivity contribution in [3.05, 3.63) is 0 Å². The zero-order chi connectivity index (χ0) is 14.6. The van der Waals surface area contributed by atoms with Gasteiger partial charge in [-0.05, 0) is 13.3 Å². The Morgan fingerprint density at radius 1 is 1.53 bits per heavy atom. The number of carbonyl (C=O) groups is 3. The van der Waals surface area contributed by atoms with E-state index in [4.69, 9.17) is 5.84 Å². The molecule has 1 saturated heterocycles. The molecule has 0 radical (unpaired) electrons. The Morgan fingerprint density at radius 3 is 2.68 bits per heavy atom. The van der Waals surface area contributed by atoms with Crippen LogP contribution in [0.15, 0.2) is 0 Å². The van der Waals surface area contributed by atoms with Gasteiger partial charge in [0.2, 0.25) is 5.91 Å². The molecule has 2 unspecified atom stereocenters. The Balaban J connectivity index is 3.09. The van der Waals surface area contributed by atoms with E-state index in [1.54, 1.807) is 6.92 Å². The van der Waals surface area contributed by atoms with Gasteiger partial charge in [-0.15, -0.1) is 0 Å². The van der Waals surface area contributed by atoms with Crippen molar-refractivity contribution in [1.29, 1.82) is 0 Å². The first kappa shape index (κ1) is 15.4. The lowest BCUT2D eigenvalue weighted by molar-refractivity contribution is -0.155. The van der Waals surface area contributed by atoms with Crippen LogP contribution in [0, 0.1) is 5.92 Å². The van der Waals surface area contributed by atoms with E-state index in [0.29, 0.717) is 13.0 Å². The van der Waals surface area contributed by atoms with Crippen LogP contribution in [-0.4, -0.2) is 53.9 Å². The molecule has 108 valence electrons. The summed E-state index contributed by atoms with van der Waals surface area (Å²) in [5.41, 5.74) is 0. The lowest BCUT2D eigenvalue weighted by atomic mass is 9.99. The van der Waals surface area contributed by atoms with Crippen molar-refractivity contribution in [1.82, 2.24) is 9.91 Å². The number of hydrogen-bond donors (Lipinski definition) is 1. The first-order valence-corrected chi connectivity index (χ1v) is 6.37. The highest BCUT2D eigenvalue weighted by atomic mass is 16.5. The van der Waals surface area contributed by atoms with E-state index in [2.05, 4.69) is 4.74 Å². The monoisotopic (exact) mass is 271 g/mol. The average molecular weight is 271 g/mol. The molecule has 19 heavy (non-hydrogen) atoms. The van der Waals surface area contributed by atoms with Gasteiger partial charge in [-0.1, -0.05) is 6.92 Å². The fourth-order valence-corrected chi connectivity index (χ4v) is 2.23. The van der Waals surface area contributed by atoms with Gasteiger partial charge in [-0.2, -0.15) is 0 Å². The molecule has 2 amide bonds. The lowest BCUT2D eigenvalue weighted by Crippen LogP contribution is -2.54. The Hall–Kier alpha value is -1.63. The summed E-state index contributed by atoms with van der Waals surface area (Å²) in [4.78, 5) is 37.4. The van der Waals surface area contributed by atoms with E-state index >= 15 is 0 Å². The number of hydrazine groups is 1. The van der Waals surface area contributed by atoms with E-state index in [-0.39, 0.29) is 18.9 Å². The highest BCUT2D eigenvalue weighted by Crippen LogP contribution is 2.19. The van der Waals surface area contributed by atoms with Crippen LogP contribution in [0.2, 0.25) is 0 Å². The summed E-state index contributed by atoms with van der Waals surface area (Å²) < 4.78 is 4.66. The van der Waals surface area contributed by atoms with Crippen LogP contribution < -0.4 is 5.84 Å². The van der Waals surface area contributed by atoms with Crippen LogP contribution in [-0.2, 0) is 19.1 Å². The summed E-state index contributed by atoms with van der Waals surface area (Å²) in [7, 11) is 1.26. The van der Waals surface area contributed by atoms with E-state index in [0.717, 1.165) is 5.01 Å². The molecule has 2 N–H and O–H groups in total. The largest absolute Gasteiger partial charge is 0.469 e. The minimum atomic E-state index is -0.882. The number of rotatable bonds is 4. The molecule has 0 saturated carbocycles. The summed E-state index contributed by atoms with van der Waals surface area (Å²) in [5, 5.41) is 1.01. The smallest absolute Gasteiger partial charge is 0.311 e. The molecule has 2 atom stereocenters. The van der Waals surface area contributed by atoms with Gasteiger partial charge in [0.1, 0.15) is 6.04 Å². The molecular weight excluding hydrogens is 250 g/mol. The topological polar surface area (TPSA) is 92.9 Å². The van der Waals surface area contributed by atoms with Crippen LogP contribution in [0.4, 0.5) is 0 Å². The second-order valence-corrected chi connectivity index (χ2v) is 4.63. The van der Waals surface area contributed by atoms with E-state index in [1.807, 2.05) is 6.92 Å². The highest BCUT2D eigenvalue weighted by molar-refractivity contribution is 5.93. The van der Waals surface area contributed by atoms with Gasteiger partial charge in [-0.25, -0.2) is 5.84 Å². The summed E-state index contributed by atoms with van der Waals surface area (Å²) in [5.74, 6) is 3.77. The summed E-state index contributed by atoms with van der Waals surface area (Å²) in [6.45, 7) is 4.07. The maximum atomic E-state index is 12.2. The van der Waals surface area contributed by atoms with Gasteiger partial charge < -0.3 is 9.64 Å². The number of hydrogen-bond acceptors (Lipinski definition) is 5. The van der Waals surface area contributed by atoms with Crippen LogP contribution in [0.3, 0.4) is 0 Å². The zero-order valence-corrected chi connectivity index (χ0v) is 11.6. The van der Waals surface area contributed by atoms with E-state index in [9.17, 15) is 14.4 Å². The molecule has 0 aromatic heterocycles. The second kappa shape index (κ2) is 6.51. The average Bonchev–Trinajstić information content (AvgIpc) is 2.50. The number of nitrogens with two attached hydrogens (primary N) is 1. The molecule has 0 aliphatic carbocycles. The predicted molar refractivity (Wildman–Crippen MR) is 67.5 cm³/mol. The van der Waals surface area contributed by atoms with Gasteiger partial charge >= 0.3 is 5.97 Å². The van der Waals surface area contributed by atoms with Gasteiger partial charge in [0, 0.05) is 19.5 Å². The first-order valence-electron chi connectivity index (χ1n) is 6.37. The van der Waals surface area contributed by atoms with Crippen molar-refractivity contribution >= 4 is 17.8 Å². The Kier molecular flexibility index (Phi) is 5.29. The van der Waals surface area contributed by atoms with Crippen LogP contribution >= 0.6 is 0 Å². The van der Waals surface area contributed by atoms with E-state index in [1.165, 1.54) is 12.0 Å². The van der Waals surface area contributed by atoms with Gasteiger partial charge in [0.05, 0.1) is 13.0 Å². The number of amides is 2. The number of methoxy groups -OCH3 is 1. The van der Waals surface area contributed by atoms with Crippen molar-refractivity contribution in [2.45, 2.75) is 32.7 Å². The molecule has 1 rings (SSSR count). The van der Waals surface area contributed by atoms with Crippen molar-refractivity contribution in [2.75, 3.05) is 20.2 Å². The zero-order valence-electron chi connectivity index (χ0n) is 11.6. The maximum absolute atomic E-state index is 12.2. The predicted octanol–water partition coefficient (Wildman–Crippen LogP) is -0.491. The second-order valence-electron chi connectivity index (χ2n) is 4.63. The number of nitrogens with zero attached hydrogens (tertiary/aromatic N) is 2. The molecule has 1 heterocycles. The fraction of sp³-hybridized carbons (Fsp3) is 0.750. The quantitative estimate of drug-likeness (QED) is 0.423. The third-order valence-electron chi connectivity index (χ3n) is 3.27. The highest BCUT2D eigenvalue weighted by Gasteiger charge is 2.41. The Labute approximate surface area is 112 Å². The Morgan fingerprint density at radius 2 is 2.16 bits per heavy atom. The molecule has 7 nitrogen and oxygen atoms in total. The molecular formula is C12H21N3O4. The van der Waals surface area contributed by atoms with Gasteiger partial charge in [-0.3, -0.25) is 19.4 Å². The normalized spacial score (nSPS) is 22.2. The third-order valence-corrected chi connectivity index (χ3v) is 3.27. The van der Waals surface area contributed by atoms with Crippen molar-refractivity contribution in [2.24, 2.45) is 11.8 Å². The minimum Gasteiger partial charge on any atom is -0.469 e. The van der Waals surface area contributed by atoms with Gasteiger partial charge in [0.25, 0.3) is 5.91 Å². The van der Waals surface area contributed by atoms with Crippen LogP contribution in [0.25, 0.3) is 0 Å². The van der Waals surface area contributed by atoms with Crippen LogP contribution in [0.5, 0.6) is 0 Å². The molecule has 1 aliphatic heterocycles. The molecule has 0 aromatic rings. The first-order chi connectivity index (χ1) is 8.93. The number of esters is 1. The van der Waals surface area contributed by atoms with Crippen LogP contribution in [0.1, 0.15) is 26.7 Å². The molecule has 1 fully saturated rings. The summed E-state index contributed by atoms with van der Waals surface area (Å²) in [6, 6.07) is -0.882. The van der Waals surface area contributed by atoms with E-state index < -0.39 is 23.8 Å². The molecule has 0 aromatic carbocycles. The Bertz CT molecular complexity index is 372. The number of ether oxygens (including phenoxy) is 1. The fourth-order valence-electron chi connectivity index (χ4n) is 2.23.